The van der Waals surface area contributed by atoms with Gasteiger partial charge in [0.25, 0.3) is 5.56 Å². The van der Waals surface area contributed by atoms with Crippen molar-refractivity contribution >= 4 is 0 Å². The van der Waals surface area contributed by atoms with Crippen molar-refractivity contribution in [2.75, 3.05) is 21.3 Å². The number of hydrogen-bond acceptors (Lipinski definition) is 5. The van der Waals surface area contributed by atoms with Crippen molar-refractivity contribution in [3.8, 4) is 34.3 Å². The van der Waals surface area contributed by atoms with E-state index in [4.69, 9.17) is 14.2 Å². The van der Waals surface area contributed by atoms with E-state index in [2.05, 4.69) is 10.2 Å². The largest absolute Gasteiger partial charge is 0.493 e. The van der Waals surface area contributed by atoms with Crippen LogP contribution in [0, 0.1) is 0 Å². The zero-order valence-electron chi connectivity index (χ0n) is 10.7. The third-order valence-corrected chi connectivity index (χ3v) is 2.71. The molecular formula is C12H14N2O5. The van der Waals surface area contributed by atoms with Crippen molar-refractivity contribution in [2.45, 2.75) is 0 Å². The molecule has 0 spiro atoms. The molecule has 7 heteroatoms. The van der Waals surface area contributed by atoms with Crippen LogP contribution in [0.25, 0.3) is 11.1 Å². The molecule has 7 nitrogen and oxygen atoms in total. The van der Waals surface area contributed by atoms with Gasteiger partial charge >= 0.3 is 0 Å². The Kier molecular flexibility index (Phi) is 3.37. The lowest BCUT2D eigenvalue weighted by Crippen LogP contribution is -2.02. The Morgan fingerprint density at radius 3 is 1.95 bits per heavy atom. The second-order valence-electron chi connectivity index (χ2n) is 3.72. The lowest BCUT2D eigenvalue weighted by Gasteiger charge is -2.13. The highest BCUT2D eigenvalue weighted by Gasteiger charge is 2.18. The summed E-state index contributed by atoms with van der Waals surface area (Å²) in [5.41, 5.74) is 0.125. The van der Waals surface area contributed by atoms with Gasteiger partial charge in [-0.15, -0.1) is 0 Å². The number of benzene rings is 1. The molecule has 0 aliphatic carbocycles. The number of nitrogens with one attached hydrogen (secondary N) is 2. The van der Waals surface area contributed by atoms with Crippen LogP contribution in [0.5, 0.6) is 23.1 Å². The van der Waals surface area contributed by atoms with E-state index in [-0.39, 0.29) is 11.4 Å². The smallest absolute Gasteiger partial charge is 0.275 e. The molecule has 3 N–H and O–H groups in total. The molecule has 102 valence electrons. The van der Waals surface area contributed by atoms with Crippen LogP contribution in [0.1, 0.15) is 0 Å². The van der Waals surface area contributed by atoms with Gasteiger partial charge in [-0.25, -0.2) is 0 Å². The predicted molar refractivity (Wildman–Crippen MR) is 68.2 cm³/mol. The molecule has 1 aromatic carbocycles. The van der Waals surface area contributed by atoms with E-state index in [0.29, 0.717) is 22.8 Å². The Morgan fingerprint density at radius 2 is 1.58 bits per heavy atom. The highest BCUT2D eigenvalue weighted by molar-refractivity contribution is 5.73. The van der Waals surface area contributed by atoms with Crippen LogP contribution >= 0.6 is 0 Å². The van der Waals surface area contributed by atoms with Gasteiger partial charge in [-0.1, -0.05) is 0 Å². The number of methoxy groups -OCH3 is 3. The number of hydrogen-bond donors (Lipinski definition) is 3. The van der Waals surface area contributed by atoms with E-state index >= 15 is 0 Å². The topological polar surface area (TPSA) is 96.6 Å². The first-order valence-corrected chi connectivity index (χ1v) is 5.42. The van der Waals surface area contributed by atoms with E-state index in [0.717, 1.165) is 0 Å². The fraction of sp³-hybridized carbons (Fsp3) is 0.250. The Bertz CT molecular complexity index is 619. The van der Waals surface area contributed by atoms with Gasteiger partial charge in [-0.05, 0) is 12.1 Å². The van der Waals surface area contributed by atoms with Crippen molar-refractivity contribution in [3.63, 3.8) is 0 Å². The number of rotatable bonds is 4. The minimum atomic E-state index is -0.438. The maximum atomic E-state index is 11.6. The molecule has 0 saturated heterocycles. The lowest BCUT2D eigenvalue weighted by atomic mass is 10.1. The standard InChI is InChI=1S/C12H14N2O5/c1-17-7-4-6(5-8(18-2)10(7)19-3)9-11(15)13-14-12(9)16/h4-5H,1-3H3,(H3,13,14,15,16). The SMILES string of the molecule is COc1cc(-c2c(O)[nH][nH]c2=O)cc(OC)c1OC. The minimum Gasteiger partial charge on any atom is -0.493 e. The van der Waals surface area contributed by atoms with Gasteiger partial charge in [0.2, 0.25) is 11.6 Å². The molecule has 0 amide bonds. The second kappa shape index (κ2) is 4.97. The van der Waals surface area contributed by atoms with Crippen LogP contribution in [0.4, 0.5) is 0 Å². The summed E-state index contributed by atoms with van der Waals surface area (Å²) in [6.45, 7) is 0. The van der Waals surface area contributed by atoms with Gasteiger partial charge in [0.1, 0.15) is 5.56 Å². The molecule has 19 heavy (non-hydrogen) atoms. The normalized spacial score (nSPS) is 10.3. The Hall–Kier alpha value is -2.57. The molecule has 0 fully saturated rings. The highest BCUT2D eigenvalue weighted by Crippen LogP contribution is 2.41. The molecule has 1 aromatic heterocycles. The maximum absolute atomic E-state index is 11.6. The number of aromatic hydroxyl groups is 1. The fourth-order valence-electron chi connectivity index (χ4n) is 1.84. The van der Waals surface area contributed by atoms with Crippen LogP contribution in [0.2, 0.25) is 0 Å². The summed E-state index contributed by atoms with van der Waals surface area (Å²) in [4.78, 5) is 11.6. The third kappa shape index (κ3) is 2.10. The summed E-state index contributed by atoms with van der Waals surface area (Å²) in [5, 5.41) is 14.3. The fourth-order valence-corrected chi connectivity index (χ4v) is 1.84. The molecule has 0 atom stereocenters. The van der Waals surface area contributed by atoms with E-state index in [1.54, 1.807) is 12.1 Å². The Balaban J connectivity index is 2.69. The summed E-state index contributed by atoms with van der Waals surface area (Å²) in [6.07, 6.45) is 0. The van der Waals surface area contributed by atoms with Crippen LogP contribution in [-0.2, 0) is 0 Å². The average molecular weight is 266 g/mol. The quantitative estimate of drug-likeness (QED) is 0.770. The van der Waals surface area contributed by atoms with E-state index < -0.39 is 5.56 Å². The van der Waals surface area contributed by atoms with Crippen LogP contribution in [0.15, 0.2) is 16.9 Å². The molecule has 2 rings (SSSR count). The first-order chi connectivity index (χ1) is 9.12. The summed E-state index contributed by atoms with van der Waals surface area (Å²) in [6, 6.07) is 3.17. The van der Waals surface area contributed by atoms with Crippen molar-refractivity contribution in [1.29, 1.82) is 0 Å². The Morgan fingerprint density at radius 1 is 1.00 bits per heavy atom. The zero-order valence-corrected chi connectivity index (χ0v) is 10.7. The molecule has 2 aromatic rings. The van der Waals surface area contributed by atoms with Crippen molar-refractivity contribution in [2.24, 2.45) is 0 Å². The average Bonchev–Trinajstić information content (AvgIpc) is 2.76. The number of aromatic amines is 2. The van der Waals surface area contributed by atoms with E-state index in [1.165, 1.54) is 21.3 Å². The zero-order chi connectivity index (χ0) is 14.0. The monoisotopic (exact) mass is 266 g/mol. The number of ether oxygens (including phenoxy) is 3. The molecule has 0 unspecified atom stereocenters. The summed E-state index contributed by atoms with van der Waals surface area (Å²) in [7, 11) is 4.44. The summed E-state index contributed by atoms with van der Waals surface area (Å²) in [5.74, 6) is 0.966. The van der Waals surface area contributed by atoms with Crippen LogP contribution in [-0.4, -0.2) is 36.6 Å². The van der Waals surface area contributed by atoms with E-state index in [1.807, 2.05) is 0 Å². The molecule has 0 saturated carbocycles. The van der Waals surface area contributed by atoms with Crippen molar-refractivity contribution in [3.05, 3.63) is 22.5 Å². The second-order valence-corrected chi connectivity index (χ2v) is 3.72. The molecule has 1 heterocycles. The van der Waals surface area contributed by atoms with Crippen molar-refractivity contribution in [1.82, 2.24) is 10.2 Å². The first-order valence-electron chi connectivity index (χ1n) is 5.42. The lowest BCUT2D eigenvalue weighted by molar-refractivity contribution is 0.324. The van der Waals surface area contributed by atoms with Crippen LogP contribution < -0.4 is 19.8 Å². The molecule has 0 radical (unpaired) electrons. The first kappa shape index (κ1) is 12.9. The number of aromatic nitrogens is 2. The van der Waals surface area contributed by atoms with Crippen molar-refractivity contribution < 1.29 is 19.3 Å². The summed E-state index contributed by atoms with van der Waals surface area (Å²) >= 11 is 0. The predicted octanol–water partition coefficient (Wildman–Crippen LogP) is 1.10. The molecule has 0 aliphatic heterocycles. The van der Waals surface area contributed by atoms with Gasteiger partial charge in [0.05, 0.1) is 21.3 Å². The Labute approximate surface area is 108 Å². The van der Waals surface area contributed by atoms with E-state index in [9.17, 15) is 9.90 Å². The molecular weight excluding hydrogens is 252 g/mol. The molecule has 0 bridgehead atoms. The van der Waals surface area contributed by atoms with Gasteiger partial charge in [-0.2, -0.15) is 0 Å². The minimum absolute atomic E-state index is 0.110. The summed E-state index contributed by atoms with van der Waals surface area (Å²) < 4.78 is 15.6. The van der Waals surface area contributed by atoms with Gasteiger partial charge < -0.3 is 19.3 Å². The number of H-pyrrole nitrogens is 2. The molecule has 0 aliphatic rings. The third-order valence-electron chi connectivity index (χ3n) is 2.71. The maximum Gasteiger partial charge on any atom is 0.275 e. The van der Waals surface area contributed by atoms with Crippen LogP contribution in [0.3, 0.4) is 0 Å². The van der Waals surface area contributed by atoms with Gasteiger partial charge in [0.15, 0.2) is 11.5 Å². The highest BCUT2D eigenvalue weighted by atomic mass is 16.5. The van der Waals surface area contributed by atoms with Gasteiger partial charge in [0, 0.05) is 5.56 Å². The van der Waals surface area contributed by atoms with Gasteiger partial charge in [-0.3, -0.25) is 15.0 Å².